The molecule has 0 aromatic heterocycles. The summed E-state index contributed by atoms with van der Waals surface area (Å²) in [6.07, 6.45) is 3.92. The van der Waals surface area contributed by atoms with E-state index >= 15 is 0 Å². The zero-order valence-electron chi connectivity index (χ0n) is 13.3. The Kier molecular flexibility index (Phi) is 5.96. The normalized spacial score (nSPS) is 18.9. The van der Waals surface area contributed by atoms with Gasteiger partial charge in [-0.3, -0.25) is 9.69 Å². The van der Waals surface area contributed by atoms with E-state index in [0.717, 1.165) is 25.7 Å². The second kappa shape index (κ2) is 7.59. The van der Waals surface area contributed by atoms with Crippen LogP contribution < -0.4 is 21.3 Å². The molecule has 2 fully saturated rings. The number of hydrogen-bond acceptors (Lipinski definition) is 3. The fourth-order valence-corrected chi connectivity index (χ4v) is 3.52. The minimum atomic E-state index is -0.332. The highest BCUT2D eigenvalue weighted by Crippen LogP contribution is 2.30. The number of anilines is 1. The number of nitrogens with one attached hydrogen (secondary N) is 2. The lowest BCUT2D eigenvalue weighted by Crippen LogP contribution is -2.51. The van der Waals surface area contributed by atoms with Crippen molar-refractivity contribution >= 4 is 41.6 Å². The van der Waals surface area contributed by atoms with Crippen LogP contribution in [-0.2, 0) is 0 Å². The van der Waals surface area contributed by atoms with Gasteiger partial charge in [0.15, 0.2) is 0 Å². The maximum Gasteiger partial charge on any atom is 0.321 e. The second-order valence-corrected chi connectivity index (χ2v) is 6.60. The Morgan fingerprint density at radius 2 is 2.08 bits per heavy atom. The van der Waals surface area contributed by atoms with Crippen LogP contribution in [0.25, 0.3) is 0 Å². The van der Waals surface area contributed by atoms with Crippen molar-refractivity contribution in [3.05, 3.63) is 28.8 Å². The van der Waals surface area contributed by atoms with E-state index < -0.39 is 0 Å². The summed E-state index contributed by atoms with van der Waals surface area (Å²) in [5.74, 6) is -0.233. The molecule has 1 aromatic rings. The quantitative estimate of drug-likeness (QED) is 0.757. The van der Waals surface area contributed by atoms with Gasteiger partial charge in [0.05, 0.1) is 16.1 Å². The second-order valence-electron chi connectivity index (χ2n) is 6.19. The van der Waals surface area contributed by atoms with Gasteiger partial charge in [0.1, 0.15) is 0 Å². The van der Waals surface area contributed by atoms with Crippen LogP contribution >= 0.6 is 24.0 Å². The van der Waals surface area contributed by atoms with Crippen molar-refractivity contribution in [2.75, 3.05) is 24.5 Å². The van der Waals surface area contributed by atoms with Gasteiger partial charge >= 0.3 is 6.03 Å². The van der Waals surface area contributed by atoms with Crippen LogP contribution in [0, 0.1) is 0 Å². The highest BCUT2D eigenvalue weighted by Gasteiger charge is 2.34. The summed E-state index contributed by atoms with van der Waals surface area (Å²) in [6.45, 7) is 1.60. The van der Waals surface area contributed by atoms with Crippen molar-refractivity contribution in [1.82, 2.24) is 10.6 Å². The van der Waals surface area contributed by atoms with Crippen molar-refractivity contribution in [2.24, 2.45) is 5.73 Å². The zero-order valence-corrected chi connectivity index (χ0v) is 14.9. The Balaban J connectivity index is 0.00000208. The maximum absolute atomic E-state index is 12.7. The molecule has 132 valence electrons. The minimum Gasteiger partial charge on any atom is -0.345 e. The van der Waals surface area contributed by atoms with Crippen molar-refractivity contribution in [2.45, 2.75) is 31.2 Å². The van der Waals surface area contributed by atoms with E-state index in [1.165, 1.54) is 0 Å². The van der Waals surface area contributed by atoms with Gasteiger partial charge in [0.25, 0.3) is 5.91 Å². The van der Waals surface area contributed by atoms with Crippen molar-refractivity contribution in [3.8, 4) is 0 Å². The summed E-state index contributed by atoms with van der Waals surface area (Å²) < 4.78 is 0. The number of benzene rings is 1. The zero-order chi connectivity index (χ0) is 16.4. The summed E-state index contributed by atoms with van der Waals surface area (Å²) in [6, 6.07) is 4.91. The molecule has 0 radical (unpaired) electrons. The lowest BCUT2D eigenvalue weighted by Gasteiger charge is -2.29. The van der Waals surface area contributed by atoms with Crippen LogP contribution in [0.3, 0.4) is 0 Å². The van der Waals surface area contributed by atoms with Gasteiger partial charge in [0.2, 0.25) is 0 Å². The Hall–Kier alpha value is -1.50. The van der Waals surface area contributed by atoms with E-state index in [-0.39, 0.29) is 29.9 Å². The van der Waals surface area contributed by atoms with E-state index in [1.807, 2.05) is 0 Å². The monoisotopic (exact) mass is 372 g/mol. The Labute approximate surface area is 152 Å². The molecule has 6 nitrogen and oxygen atoms in total. The summed E-state index contributed by atoms with van der Waals surface area (Å²) in [5, 5.41) is 6.17. The van der Waals surface area contributed by atoms with Crippen molar-refractivity contribution in [1.29, 1.82) is 0 Å². The van der Waals surface area contributed by atoms with Gasteiger partial charge in [-0.15, -0.1) is 12.4 Å². The fraction of sp³-hybridized carbons (Fsp3) is 0.500. The molecule has 1 aliphatic carbocycles. The predicted octanol–water partition coefficient (Wildman–Crippen LogP) is 2.29. The number of carbonyl (C=O) groups excluding carboxylic acids is 2. The topological polar surface area (TPSA) is 87.5 Å². The first-order valence-corrected chi connectivity index (χ1v) is 8.30. The average molecular weight is 373 g/mol. The predicted molar refractivity (Wildman–Crippen MR) is 97.2 cm³/mol. The van der Waals surface area contributed by atoms with E-state index in [2.05, 4.69) is 10.6 Å². The molecule has 0 bridgehead atoms. The largest absolute Gasteiger partial charge is 0.345 e. The molecule has 1 saturated carbocycles. The van der Waals surface area contributed by atoms with Gasteiger partial charge in [-0.1, -0.05) is 24.4 Å². The first-order chi connectivity index (χ1) is 11.0. The number of nitrogens with two attached hydrogens (primary N) is 1. The lowest BCUT2D eigenvalue weighted by atomic mass is 9.97. The third kappa shape index (κ3) is 3.61. The molecule has 1 aliphatic heterocycles. The van der Waals surface area contributed by atoms with Crippen molar-refractivity contribution < 1.29 is 9.59 Å². The number of urea groups is 1. The number of rotatable bonds is 4. The van der Waals surface area contributed by atoms with Gasteiger partial charge in [-0.2, -0.15) is 0 Å². The molecule has 2 aliphatic rings. The fourth-order valence-electron chi connectivity index (χ4n) is 3.31. The molecule has 3 amide bonds. The van der Waals surface area contributed by atoms with E-state index in [4.69, 9.17) is 17.3 Å². The van der Waals surface area contributed by atoms with Gasteiger partial charge in [-0.25, -0.2) is 4.79 Å². The minimum absolute atomic E-state index is 0. The number of halogens is 2. The first kappa shape index (κ1) is 18.8. The molecule has 1 heterocycles. The number of nitrogens with zero attached hydrogens (tertiary/aromatic N) is 1. The number of carbonyl (C=O) groups is 2. The van der Waals surface area contributed by atoms with Gasteiger partial charge < -0.3 is 16.4 Å². The molecular formula is C16H22Cl2N4O2. The Morgan fingerprint density at radius 3 is 2.67 bits per heavy atom. The third-order valence-corrected chi connectivity index (χ3v) is 5.02. The van der Waals surface area contributed by atoms with Crippen LogP contribution in [0.1, 0.15) is 36.0 Å². The molecule has 0 spiro atoms. The van der Waals surface area contributed by atoms with E-state index in [1.54, 1.807) is 23.1 Å². The molecule has 0 atom stereocenters. The maximum atomic E-state index is 12.7. The van der Waals surface area contributed by atoms with E-state index in [0.29, 0.717) is 35.9 Å². The molecule has 24 heavy (non-hydrogen) atoms. The van der Waals surface area contributed by atoms with Gasteiger partial charge in [0, 0.05) is 25.3 Å². The SMILES string of the molecule is Cl.NCC1(NC(=O)c2cc(N3CCNC3=O)ccc2Cl)CCCC1. The van der Waals surface area contributed by atoms with Gasteiger partial charge in [-0.05, 0) is 31.0 Å². The molecule has 1 saturated heterocycles. The number of amides is 3. The third-order valence-electron chi connectivity index (χ3n) is 4.69. The summed E-state index contributed by atoms with van der Waals surface area (Å²) in [5.41, 5.74) is 6.59. The van der Waals surface area contributed by atoms with Crippen molar-refractivity contribution in [3.63, 3.8) is 0 Å². The molecule has 3 rings (SSSR count). The highest BCUT2D eigenvalue weighted by atomic mass is 35.5. The van der Waals surface area contributed by atoms with Crippen LogP contribution in [0.2, 0.25) is 5.02 Å². The lowest BCUT2D eigenvalue weighted by molar-refractivity contribution is 0.0903. The molecule has 4 N–H and O–H groups in total. The highest BCUT2D eigenvalue weighted by molar-refractivity contribution is 6.34. The summed E-state index contributed by atoms with van der Waals surface area (Å²) in [7, 11) is 0. The standard InChI is InChI=1S/C16H21ClN4O2.ClH/c17-13-4-3-11(21-8-7-19-15(21)23)9-12(13)14(22)20-16(10-18)5-1-2-6-16;/h3-4,9H,1-2,5-8,10,18H2,(H,19,23)(H,20,22);1H. The Bertz CT molecular complexity index is 633. The molecule has 1 aromatic carbocycles. The molecule has 0 unspecified atom stereocenters. The van der Waals surface area contributed by atoms with Crippen LogP contribution in [-0.4, -0.2) is 37.1 Å². The number of hydrogen-bond donors (Lipinski definition) is 3. The first-order valence-electron chi connectivity index (χ1n) is 7.92. The van der Waals surface area contributed by atoms with Crippen LogP contribution in [0.4, 0.5) is 10.5 Å². The Morgan fingerprint density at radius 1 is 1.38 bits per heavy atom. The summed E-state index contributed by atoms with van der Waals surface area (Å²) in [4.78, 5) is 26.0. The van der Waals surface area contributed by atoms with Crippen LogP contribution in [0.5, 0.6) is 0 Å². The average Bonchev–Trinajstić information content (AvgIpc) is 3.17. The molecular weight excluding hydrogens is 351 g/mol. The smallest absolute Gasteiger partial charge is 0.321 e. The molecule has 8 heteroatoms. The van der Waals surface area contributed by atoms with Crippen LogP contribution in [0.15, 0.2) is 18.2 Å². The van der Waals surface area contributed by atoms with E-state index in [9.17, 15) is 9.59 Å². The summed E-state index contributed by atoms with van der Waals surface area (Å²) >= 11 is 6.20.